The Hall–Kier alpha value is -2.77. The van der Waals surface area contributed by atoms with E-state index in [4.69, 9.17) is 9.47 Å². The van der Waals surface area contributed by atoms with Crippen LogP contribution in [-0.4, -0.2) is 60.5 Å². The van der Waals surface area contributed by atoms with Gasteiger partial charge in [0.15, 0.2) is 11.5 Å². The SMILES string of the molecule is C[C@H]1C[C@H](C)CN(C(=O)CN2C(=O)N[C@](C)(c3ccc4c(c3)OCCO4)C2=O)C1. The number of piperidine rings is 1. The highest BCUT2D eigenvalue weighted by Crippen LogP contribution is 2.37. The number of nitrogens with one attached hydrogen (secondary N) is 1. The van der Waals surface area contributed by atoms with Gasteiger partial charge in [-0.2, -0.15) is 0 Å². The third-order valence-electron chi connectivity index (χ3n) is 5.91. The Kier molecular flexibility index (Phi) is 4.88. The fourth-order valence-electron chi connectivity index (χ4n) is 4.49. The van der Waals surface area contributed by atoms with Crippen LogP contribution in [0.2, 0.25) is 0 Å². The number of benzene rings is 1. The lowest BCUT2D eigenvalue weighted by atomic mass is 9.91. The van der Waals surface area contributed by atoms with Crippen molar-refractivity contribution in [1.29, 1.82) is 0 Å². The number of rotatable bonds is 3. The van der Waals surface area contributed by atoms with Gasteiger partial charge in [0.05, 0.1) is 0 Å². The zero-order valence-corrected chi connectivity index (χ0v) is 17.1. The molecule has 0 spiro atoms. The molecule has 4 amide bonds. The van der Waals surface area contributed by atoms with Crippen LogP contribution in [0.5, 0.6) is 11.5 Å². The minimum atomic E-state index is -1.25. The molecule has 4 rings (SSSR count). The average molecular weight is 401 g/mol. The summed E-state index contributed by atoms with van der Waals surface area (Å²) in [7, 11) is 0. The first-order chi connectivity index (χ1) is 13.8. The molecule has 0 unspecified atom stereocenters. The molecule has 156 valence electrons. The Morgan fingerprint density at radius 1 is 1.14 bits per heavy atom. The van der Waals surface area contributed by atoms with Gasteiger partial charge in [-0.25, -0.2) is 4.79 Å². The number of ether oxygens (including phenoxy) is 2. The molecule has 0 bridgehead atoms. The molecule has 29 heavy (non-hydrogen) atoms. The summed E-state index contributed by atoms with van der Waals surface area (Å²) >= 11 is 0. The molecule has 8 nitrogen and oxygen atoms in total. The van der Waals surface area contributed by atoms with Crippen LogP contribution in [0, 0.1) is 11.8 Å². The Bertz CT molecular complexity index is 847. The van der Waals surface area contributed by atoms with Crippen LogP contribution in [0.25, 0.3) is 0 Å². The molecule has 3 heterocycles. The first-order valence-corrected chi connectivity index (χ1v) is 10.1. The van der Waals surface area contributed by atoms with Crippen LogP contribution in [0.1, 0.15) is 32.8 Å². The quantitative estimate of drug-likeness (QED) is 0.780. The minimum Gasteiger partial charge on any atom is -0.486 e. The van der Waals surface area contributed by atoms with Crippen molar-refractivity contribution in [2.24, 2.45) is 11.8 Å². The molecular weight excluding hydrogens is 374 g/mol. The molecule has 8 heteroatoms. The predicted octanol–water partition coefficient (Wildman–Crippen LogP) is 1.73. The van der Waals surface area contributed by atoms with E-state index >= 15 is 0 Å². The van der Waals surface area contributed by atoms with Gasteiger partial charge in [0, 0.05) is 13.1 Å². The fraction of sp³-hybridized carbons (Fsp3) is 0.571. The minimum absolute atomic E-state index is 0.196. The zero-order chi connectivity index (χ0) is 20.8. The molecule has 0 radical (unpaired) electrons. The van der Waals surface area contributed by atoms with Gasteiger partial charge in [-0.05, 0) is 42.9 Å². The van der Waals surface area contributed by atoms with Crippen molar-refractivity contribution in [3.63, 3.8) is 0 Å². The van der Waals surface area contributed by atoms with Gasteiger partial charge in [-0.3, -0.25) is 14.5 Å². The normalized spacial score (nSPS) is 29.1. The summed E-state index contributed by atoms with van der Waals surface area (Å²) in [5.74, 6) is 1.34. The number of amides is 4. The molecule has 1 aromatic carbocycles. The zero-order valence-electron chi connectivity index (χ0n) is 17.1. The van der Waals surface area contributed by atoms with E-state index in [-0.39, 0.29) is 12.5 Å². The van der Waals surface area contributed by atoms with Gasteiger partial charge in [-0.1, -0.05) is 19.9 Å². The maximum atomic E-state index is 13.2. The van der Waals surface area contributed by atoms with E-state index in [1.54, 1.807) is 30.0 Å². The first-order valence-electron chi connectivity index (χ1n) is 10.1. The number of hydrogen-bond donors (Lipinski definition) is 1. The van der Waals surface area contributed by atoms with E-state index in [9.17, 15) is 14.4 Å². The number of likely N-dealkylation sites (tertiary alicyclic amines) is 1. The molecule has 0 aromatic heterocycles. The fourth-order valence-corrected chi connectivity index (χ4v) is 4.49. The monoisotopic (exact) mass is 401 g/mol. The highest BCUT2D eigenvalue weighted by molar-refractivity contribution is 6.09. The summed E-state index contributed by atoms with van der Waals surface area (Å²) in [4.78, 5) is 41.3. The van der Waals surface area contributed by atoms with Crippen LogP contribution in [0.3, 0.4) is 0 Å². The summed E-state index contributed by atoms with van der Waals surface area (Å²) in [5, 5.41) is 2.75. The van der Waals surface area contributed by atoms with Gasteiger partial charge in [0.2, 0.25) is 5.91 Å². The number of nitrogens with zero attached hydrogens (tertiary/aromatic N) is 2. The Morgan fingerprint density at radius 2 is 1.79 bits per heavy atom. The maximum absolute atomic E-state index is 13.2. The Balaban J connectivity index is 1.52. The van der Waals surface area contributed by atoms with Crippen molar-refractivity contribution in [1.82, 2.24) is 15.1 Å². The Labute approximate surface area is 170 Å². The number of fused-ring (bicyclic) bond motifs is 1. The molecule has 3 aliphatic rings. The first kappa shape index (κ1) is 19.5. The Morgan fingerprint density at radius 3 is 2.48 bits per heavy atom. The predicted molar refractivity (Wildman–Crippen MR) is 105 cm³/mol. The van der Waals surface area contributed by atoms with Crippen LogP contribution < -0.4 is 14.8 Å². The molecule has 2 saturated heterocycles. The van der Waals surface area contributed by atoms with Crippen molar-refractivity contribution in [2.45, 2.75) is 32.7 Å². The van der Waals surface area contributed by atoms with Crippen LogP contribution in [0.15, 0.2) is 18.2 Å². The second-order valence-corrected chi connectivity index (χ2v) is 8.55. The van der Waals surface area contributed by atoms with Gasteiger partial charge < -0.3 is 19.7 Å². The lowest BCUT2D eigenvalue weighted by Gasteiger charge is -2.35. The molecule has 1 N–H and O–H groups in total. The summed E-state index contributed by atoms with van der Waals surface area (Å²) in [5.41, 5.74) is -0.661. The lowest BCUT2D eigenvalue weighted by Crippen LogP contribution is -2.48. The van der Waals surface area contributed by atoms with Crippen molar-refractivity contribution >= 4 is 17.8 Å². The highest BCUT2D eigenvalue weighted by atomic mass is 16.6. The summed E-state index contributed by atoms with van der Waals surface area (Å²) in [6.45, 7) is 7.85. The standard InChI is InChI=1S/C21H27N3O5/c1-13-8-14(2)11-23(10-13)18(25)12-24-19(26)21(3,22-20(24)27)15-4-5-16-17(9-15)29-7-6-28-16/h4-5,9,13-14H,6-8,10-12H2,1-3H3,(H,22,27)/t13-,14-,21+/m0/s1. The van der Waals surface area contributed by atoms with Gasteiger partial charge in [-0.15, -0.1) is 0 Å². The topological polar surface area (TPSA) is 88.2 Å². The van der Waals surface area contributed by atoms with Crippen molar-refractivity contribution < 1.29 is 23.9 Å². The smallest absolute Gasteiger partial charge is 0.325 e. The summed E-state index contributed by atoms with van der Waals surface area (Å²) < 4.78 is 11.1. The van der Waals surface area contributed by atoms with Crippen LogP contribution >= 0.6 is 0 Å². The number of carbonyl (C=O) groups is 3. The third-order valence-corrected chi connectivity index (χ3v) is 5.91. The van der Waals surface area contributed by atoms with Crippen LogP contribution in [-0.2, 0) is 15.1 Å². The van der Waals surface area contributed by atoms with Crippen molar-refractivity contribution in [2.75, 3.05) is 32.8 Å². The van der Waals surface area contributed by atoms with Crippen molar-refractivity contribution in [3.8, 4) is 11.5 Å². The number of urea groups is 1. The van der Waals surface area contributed by atoms with Gasteiger partial charge in [0.25, 0.3) is 5.91 Å². The molecule has 0 saturated carbocycles. The average Bonchev–Trinajstić information content (AvgIpc) is 2.91. The van der Waals surface area contributed by atoms with Crippen LogP contribution in [0.4, 0.5) is 4.79 Å². The van der Waals surface area contributed by atoms with E-state index in [0.717, 1.165) is 11.3 Å². The molecule has 2 fully saturated rings. The summed E-state index contributed by atoms with van der Waals surface area (Å²) in [6.07, 6.45) is 1.08. The second kappa shape index (κ2) is 7.24. The van der Waals surface area contributed by atoms with Crippen molar-refractivity contribution in [3.05, 3.63) is 23.8 Å². The highest BCUT2D eigenvalue weighted by Gasteiger charge is 2.50. The van der Waals surface area contributed by atoms with Gasteiger partial charge >= 0.3 is 6.03 Å². The van der Waals surface area contributed by atoms with E-state index in [1.165, 1.54) is 0 Å². The molecule has 1 aromatic rings. The number of carbonyl (C=O) groups excluding carboxylic acids is 3. The van der Waals surface area contributed by atoms with E-state index in [2.05, 4.69) is 19.2 Å². The molecular formula is C21H27N3O5. The lowest BCUT2D eigenvalue weighted by molar-refractivity contribution is -0.140. The van der Waals surface area contributed by atoms with E-state index < -0.39 is 17.5 Å². The third kappa shape index (κ3) is 3.52. The largest absolute Gasteiger partial charge is 0.486 e. The molecule has 3 aliphatic heterocycles. The second-order valence-electron chi connectivity index (χ2n) is 8.55. The summed E-state index contributed by atoms with van der Waals surface area (Å²) in [6, 6.07) is 4.63. The van der Waals surface area contributed by atoms with E-state index in [1.807, 2.05) is 0 Å². The maximum Gasteiger partial charge on any atom is 0.325 e. The molecule has 3 atom stereocenters. The number of imide groups is 1. The molecule has 0 aliphatic carbocycles. The number of hydrogen-bond acceptors (Lipinski definition) is 5. The van der Waals surface area contributed by atoms with E-state index in [0.29, 0.717) is 55.2 Å². The van der Waals surface area contributed by atoms with Gasteiger partial charge in [0.1, 0.15) is 25.3 Å².